The molecule has 2 aromatic carbocycles. The molecule has 4 aromatic rings. The van der Waals surface area contributed by atoms with Crippen LogP contribution in [0, 0.1) is 11.3 Å². The van der Waals surface area contributed by atoms with Gasteiger partial charge >= 0.3 is 6.03 Å². The first-order valence-corrected chi connectivity index (χ1v) is 20.6. The van der Waals surface area contributed by atoms with Gasteiger partial charge in [0, 0.05) is 86.8 Å². The van der Waals surface area contributed by atoms with Gasteiger partial charge in [-0.3, -0.25) is 39.3 Å². The molecule has 3 atom stereocenters. The number of unbranched alkanes of at least 4 members (excludes halogenated alkanes) is 2. The van der Waals surface area contributed by atoms with Crippen molar-refractivity contribution in [2.45, 2.75) is 64.1 Å². The van der Waals surface area contributed by atoms with Crippen molar-refractivity contribution in [2.75, 3.05) is 67.5 Å². The summed E-state index contributed by atoms with van der Waals surface area (Å²) < 4.78 is 5.90. The monoisotopic (exact) mass is 812 g/mol. The van der Waals surface area contributed by atoms with Crippen LogP contribution in [0.5, 0.6) is 5.88 Å². The number of pyridine rings is 2. The third-order valence-corrected chi connectivity index (χ3v) is 11.9. The second kappa shape index (κ2) is 17.3. The molecule has 3 fully saturated rings. The van der Waals surface area contributed by atoms with Crippen LogP contribution in [-0.2, 0) is 9.59 Å². The number of hydrogen-bond donors (Lipinski definition) is 2. The van der Waals surface area contributed by atoms with Gasteiger partial charge in [-0.1, -0.05) is 0 Å². The van der Waals surface area contributed by atoms with E-state index in [2.05, 4.69) is 48.3 Å². The van der Waals surface area contributed by atoms with E-state index < -0.39 is 29.7 Å². The summed E-state index contributed by atoms with van der Waals surface area (Å²) in [4.78, 5) is 82.3. The summed E-state index contributed by atoms with van der Waals surface area (Å²) in [7, 11) is 0. The fraction of sp³-hybridized carbons (Fsp3) is 0.409. The lowest BCUT2D eigenvalue weighted by Crippen LogP contribution is -2.59. The zero-order chi connectivity index (χ0) is 41.9. The largest absolute Gasteiger partial charge is 0.478 e. The number of rotatable bonds is 11. The van der Waals surface area contributed by atoms with E-state index in [1.54, 1.807) is 36.7 Å². The second-order valence-electron chi connectivity index (χ2n) is 15.9. The van der Waals surface area contributed by atoms with Crippen LogP contribution in [0.1, 0.15) is 72.2 Å². The number of fused-ring (bicyclic) bond motifs is 2. The highest BCUT2D eigenvalue weighted by molar-refractivity contribution is 6.23. The van der Waals surface area contributed by atoms with Gasteiger partial charge in [0.25, 0.3) is 11.8 Å². The predicted octanol–water partition coefficient (Wildman–Crippen LogP) is 4.41. The van der Waals surface area contributed by atoms with Crippen molar-refractivity contribution < 1.29 is 28.7 Å². The van der Waals surface area contributed by atoms with Crippen molar-refractivity contribution >= 4 is 57.6 Å². The molecule has 0 saturated carbocycles. The van der Waals surface area contributed by atoms with E-state index in [0.29, 0.717) is 47.9 Å². The number of imide groups is 2. The highest BCUT2D eigenvalue weighted by Crippen LogP contribution is 2.33. The van der Waals surface area contributed by atoms with Crippen LogP contribution >= 0.6 is 0 Å². The van der Waals surface area contributed by atoms with Gasteiger partial charge in [-0.05, 0) is 94.6 Å². The molecular formula is C44H48N10O6. The van der Waals surface area contributed by atoms with Crippen LogP contribution < -0.4 is 25.2 Å². The maximum Gasteiger partial charge on any atom is 0.322 e. The molecule has 16 nitrogen and oxygen atoms in total. The molecule has 0 bridgehead atoms. The number of carbonyl (C=O) groups excluding carboxylic acids is 5. The standard InChI is InChI=1S/C44H48N10O6/c1-28-27-53(29(2)26-52(28)36-12-8-30(24-45)40-34(36)7-6-16-46-40)44(59)48-31-9-15-39(47-25-31)60-22-5-3-4-17-50-18-20-51(21-19-50)32-10-11-33-35(23-32)43(58)54(42(33)57)37-13-14-38(55)49-41(37)56/h6-12,15-16,23,25,28-29,37H,3-5,13-14,17-22,26-27H2,1-2H3,(H,48,59)(H,49,55,56)/t28-,29+,37+/m0/s1. The number of nitrogens with zero attached hydrogens (tertiary/aromatic N) is 8. The normalized spacial score (nSPS) is 20.9. The zero-order valence-electron chi connectivity index (χ0n) is 33.8. The van der Waals surface area contributed by atoms with Crippen LogP contribution in [0.15, 0.2) is 67.0 Å². The number of nitrogens with one attached hydrogen (secondary N) is 2. The molecule has 6 amide bonds. The molecule has 8 rings (SSSR count). The summed E-state index contributed by atoms with van der Waals surface area (Å²) in [5.41, 5.74) is 4.27. The smallest absolute Gasteiger partial charge is 0.322 e. The molecule has 6 heterocycles. The Kier molecular flexibility index (Phi) is 11.6. The van der Waals surface area contributed by atoms with Crippen molar-refractivity contribution in [1.29, 1.82) is 5.26 Å². The number of benzene rings is 2. The minimum atomic E-state index is -0.977. The Hall–Kier alpha value is -6.60. The van der Waals surface area contributed by atoms with Gasteiger partial charge in [0.05, 0.1) is 40.7 Å². The van der Waals surface area contributed by atoms with Crippen LogP contribution in [0.3, 0.4) is 0 Å². The van der Waals surface area contributed by atoms with E-state index >= 15 is 0 Å². The van der Waals surface area contributed by atoms with Gasteiger partial charge in [0.15, 0.2) is 0 Å². The van der Waals surface area contributed by atoms with Crippen LogP contribution in [0.25, 0.3) is 10.9 Å². The first-order chi connectivity index (χ1) is 29.1. The number of aromatic nitrogens is 2. The Balaban J connectivity index is 0.732. The van der Waals surface area contributed by atoms with E-state index in [1.807, 2.05) is 42.2 Å². The second-order valence-corrected chi connectivity index (χ2v) is 15.9. The number of ether oxygens (including phenoxy) is 1. The predicted molar refractivity (Wildman–Crippen MR) is 224 cm³/mol. The molecule has 16 heteroatoms. The Bertz CT molecular complexity index is 2360. The Morgan fingerprint density at radius 2 is 1.73 bits per heavy atom. The molecule has 2 N–H and O–H groups in total. The van der Waals surface area contributed by atoms with Crippen LogP contribution in [0.4, 0.5) is 21.9 Å². The van der Waals surface area contributed by atoms with Gasteiger partial charge in [0.1, 0.15) is 12.1 Å². The first-order valence-electron chi connectivity index (χ1n) is 20.6. The summed E-state index contributed by atoms with van der Waals surface area (Å²) >= 11 is 0. The molecule has 3 saturated heterocycles. The molecule has 0 unspecified atom stereocenters. The Morgan fingerprint density at radius 3 is 2.50 bits per heavy atom. The third-order valence-electron chi connectivity index (χ3n) is 11.9. The average Bonchev–Trinajstić information content (AvgIpc) is 3.50. The van der Waals surface area contributed by atoms with Crippen molar-refractivity contribution in [1.82, 2.24) is 30.0 Å². The SMILES string of the molecule is C[C@@H]1CN(c2ccc(C#N)c3ncccc23)[C@@H](C)CN1C(=O)Nc1ccc(OCCCCCN2CCN(c3ccc4c(c3)C(=O)N([C@@H]3CCC(=O)NC3=O)C4=O)CC2)nc1. The molecule has 60 heavy (non-hydrogen) atoms. The molecule has 0 spiro atoms. The molecule has 2 aromatic heterocycles. The number of urea groups is 1. The summed E-state index contributed by atoms with van der Waals surface area (Å²) in [6.07, 6.45) is 6.44. The molecule has 310 valence electrons. The number of anilines is 3. The van der Waals surface area contributed by atoms with E-state index in [0.717, 1.165) is 73.6 Å². The highest BCUT2D eigenvalue weighted by Gasteiger charge is 2.45. The molecule has 4 aliphatic rings. The van der Waals surface area contributed by atoms with Crippen molar-refractivity contribution in [2.24, 2.45) is 0 Å². The van der Waals surface area contributed by atoms with Gasteiger partial charge in [0.2, 0.25) is 17.7 Å². The van der Waals surface area contributed by atoms with E-state index in [-0.39, 0.29) is 36.5 Å². The number of piperazine rings is 2. The summed E-state index contributed by atoms with van der Waals surface area (Å²) in [5, 5.41) is 15.7. The van der Waals surface area contributed by atoms with Crippen molar-refractivity contribution in [3.8, 4) is 11.9 Å². The summed E-state index contributed by atoms with van der Waals surface area (Å²) in [6, 6.07) is 17.5. The fourth-order valence-corrected chi connectivity index (χ4v) is 8.65. The van der Waals surface area contributed by atoms with Gasteiger partial charge in [-0.25, -0.2) is 9.78 Å². The quantitative estimate of drug-likeness (QED) is 0.161. The maximum atomic E-state index is 13.4. The molecular weight excluding hydrogens is 765 g/mol. The summed E-state index contributed by atoms with van der Waals surface area (Å²) in [5.74, 6) is -1.50. The van der Waals surface area contributed by atoms with E-state index in [9.17, 15) is 29.2 Å². The van der Waals surface area contributed by atoms with Crippen molar-refractivity contribution in [3.05, 3.63) is 83.7 Å². The lowest BCUT2D eigenvalue weighted by atomic mass is 10.0. The number of carbonyl (C=O) groups is 5. The number of piperidine rings is 1. The van der Waals surface area contributed by atoms with Crippen LogP contribution in [-0.4, -0.2) is 125 Å². The average molecular weight is 813 g/mol. The Morgan fingerprint density at radius 1 is 0.917 bits per heavy atom. The number of nitriles is 1. The molecule has 0 radical (unpaired) electrons. The molecule has 0 aliphatic carbocycles. The third kappa shape index (κ3) is 8.17. The topological polar surface area (TPSA) is 184 Å². The fourth-order valence-electron chi connectivity index (χ4n) is 8.65. The van der Waals surface area contributed by atoms with E-state index in [1.165, 1.54) is 0 Å². The lowest BCUT2D eigenvalue weighted by molar-refractivity contribution is -0.136. The maximum absolute atomic E-state index is 13.4. The molecule has 4 aliphatic heterocycles. The van der Waals surface area contributed by atoms with Gasteiger partial charge in [-0.2, -0.15) is 5.26 Å². The van der Waals surface area contributed by atoms with Crippen LogP contribution in [0.2, 0.25) is 0 Å². The minimum Gasteiger partial charge on any atom is -0.478 e. The first kappa shape index (κ1) is 40.2. The lowest BCUT2D eigenvalue weighted by Gasteiger charge is -2.45. The zero-order valence-corrected chi connectivity index (χ0v) is 33.8. The minimum absolute atomic E-state index is 0.0385. The van der Waals surface area contributed by atoms with E-state index in [4.69, 9.17) is 4.74 Å². The Labute approximate surface area is 348 Å². The summed E-state index contributed by atoms with van der Waals surface area (Å²) in [6.45, 7) is 10.1. The number of amides is 6. The van der Waals surface area contributed by atoms with Gasteiger partial charge < -0.3 is 24.8 Å². The highest BCUT2D eigenvalue weighted by atomic mass is 16.5. The van der Waals surface area contributed by atoms with Crippen molar-refractivity contribution in [3.63, 3.8) is 0 Å². The number of hydrogen-bond acceptors (Lipinski definition) is 12. The van der Waals surface area contributed by atoms with Gasteiger partial charge in [-0.15, -0.1) is 0 Å².